The van der Waals surface area contributed by atoms with Crippen LogP contribution in [0.3, 0.4) is 0 Å². The number of aryl methyl sites for hydroxylation is 8. The summed E-state index contributed by atoms with van der Waals surface area (Å²) in [5.41, 5.74) is 19.5. The molecule has 0 fully saturated rings. The quantitative estimate of drug-likeness (QED) is 0.115. The van der Waals surface area contributed by atoms with Gasteiger partial charge in [-0.05, 0) is 64.5 Å². The van der Waals surface area contributed by atoms with Crippen LogP contribution in [-0.4, -0.2) is 9.52 Å². The van der Waals surface area contributed by atoms with E-state index in [0.29, 0.717) is 0 Å². The van der Waals surface area contributed by atoms with Crippen molar-refractivity contribution in [1.29, 1.82) is 0 Å². The Morgan fingerprint density at radius 3 is 1.43 bits per heavy atom. The largest absolute Gasteiger partial charge is 0.184 e. The molecule has 1 aliphatic rings. The molecule has 0 amide bonds. The molecule has 0 atom stereocenters. The van der Waals surface area contributed by atoms with E-state index >= 15 is 0 Å². The molecule has 1 heterocycles. The van der Waals surface area contributed by atoms with E-state index in [2.05, 4.69) is 183 Å². The van der Waals surface area contributed by atoms with Gasteiger partial charge in [-0.3, -0.25) is 0 Å². The van der Waals surface area contributed by atoms with E-state index in [4.69, 9.17) is 17.0 Å². The standard InChI is InChI=1S/2C21H23.C12H7Si.2ClH.Zr/c2*1-5-16-12-18-8-7-17(6-2)21(20(18)13-16)19-10-14(3)9-15(4)11-19;1-3-7-11-9(5-1)10-6-2-4-8-12(10)13-11;;;/h2*7-13H,5-6H2,1-4H3;1-7H;2*1H;/q3*-1;;;+2/p-2. The Kier molecular flexibility index (Phi) is 15.4. The SMILES string of the molecule is CCc1cc2c(-c3cc(C)cc(C)c3)c(CC)ccc2[cH-]1.CCc1cc2c(-c3cc(C)cc(C)c3)c(CC)ccc2[cH-]1.[Cl][Zr][Cl].[c-]1cccc2c1[Si]c1ccccc1-2. The zero-order valence-electron chi connectivity index (χ0n) is 35.2. The minimum atomic E-state index is -0.826. The van der Waals surface area contributed by atoms with Gasteiger partial charge in [-0.15, -0.1) is 74.6 Å². The molecule has 9 rings (SSSR count). The molecular formula is C54H53Cl2SiZr-3. The van der Waals surface area contributed by atoms with Gasteiger partial charge < -0.3 is 0 Å². The Morgan fingerprint density at radius 1 is 0.534 bits per heavy atom. The van der Waals surface area contributed by atoms with Crippen molar-refractivity contribution in [2.45, 2.75) is 81.1 Å². The van der Waals surface area contributed by atoms with Crippen molar-refractivity contribution in [3.05, 3.63) is 178 Å². The van der Waals surface area contributed by atoms with Gasteiger partial charge in [0.05, 0.1) is 9.52 Å². The minimum absolute atomic E-state index is 0.795. The molecule has 2 radical (unpaired) electrons. The summed E-state index contributed by atoms with van der Waals surface area (Å²) in [7, 11) is 10.7. The average Bonchev–Trinajstić information content (AvgIpc) is 3.95. The third-order valence-electron chi connectivity index (χ3n) is 11.0. The summed E-state index contributed by atoms with van der Waals surface area (Å²) in [6.45, 7) is 17.7. The molecule has 0 aliphatic carbocycles. The van der Waals surface area contributed by atoms with Gasteiger partial charge in [-0.25, -0.2) is 0 Å². The predicted molar refractivity (Wildman–Crippen MR) is 254 cm³/mol. The summed E-state index contributed by atoms with van der Waals surface area (Å²) < 4.78 is 0. The monoisotopic (exact) mass is 889 g/mol. The van der Waals surface area contributed by atoms with E-state index in [1.54, 1.807) is 0 Å². The maximum absolute atomic E-state index is 4.93. The second-order valence-corrected chi connectivity index (χ2v) is 20.3. The maximum atomic E-state index is 4.93. The van der Waals surface area contributed by atoms with Crippen LogP contribution in [0.2, 0.25) is 0 Å². The molecule has 0 spiro atoms. The van der Waals surface area contributed by atoms with Crippen molar-refractivity contribution in [2.75, 3.05) is 0 Å². The summed E-state index contributed by atoms with van der Waals surface area (Å²) in [5.74, 6) is 0. The fraction of sp³-hybridized carbons (Fsp3) is 0.222. The Balaban J connectivity index is 0.000000145. The Morgan fingerprint density at radius 2 is 0.983 bits per heavy atom. The van der Waals surface area contributed by atoms with E-state index in [0.717, 1.165) is 35.2 Å². The number of halogens is 2. The molecule has 0 nitrogen and oxygen atoms in total. The zero-order chi connectivity index (χ0) is 41.3. The van der Waals surface area contributed by atoms with Crippen molar-refractivity contribution in [3.63, 3.8) is 0 Å². The third kappa shape index (κ3) is 10.1. The molecule has 8 aromatic rings. The minimum Gasteiger partial charge on any atom is -0.184 e. The number of hydrogen-bond acceptors (Lipinski definition) is 0. The van der Waals surface area contributed by atoms with E-state index < -0.39 is 20.8 Å². The average molecular weight is 892 g/mol. The molecule has 0 aromatic heterocycles. The normalized spacial score (nSPS) is 11.1. The van der Waals surface area contributed by atoms with Crippen molar-refractivity contribution in [3.8, 4) is 33.4 Å². The van der Waals surface area contributed by atoms with Crippen LogP contribution in [0.4, 0.5) is 0 Å². The van der Waals surface area contributed by atoms with E-state index in [9.17, 15) is 0 Å². The topological polar surface area (TPSA) is 0 Å². The Hall–Kier alpha value is -3.78. The van der Waals surface area contributed by atoms with Gasteiger partial charge in [0, 0.05) is 0 Å². The summed E-state index contributed by atoms with van der Waals surface area (Å²) in [6, 6.07) is 50.5. The fourth-order valence-electron chi connectivity index (χ4n) is 8.42. The van der Waals surface area contributed by atoms with Crippen LogP contribution in [0.25, 0.3) is 54.9 Å². The number of hydrogen-bond donors (Lipinski definition) is 0. The molecule has 0 bridgehead atoms. The molecule has 0 unspecified atom stereocenters. The first-order valence-corrected chi connectivity index (χ1v) is 27.9. The maximum Gasteiger partial charge on any atom is 0.0920 e. The first kappa shape index (κ1) is 43.8. The molecule has 0 saturated heterocycles. The Labute approximate surface area is 368 Å². The summed E-state index contributed by atoms with van der Waals surface area (Å²) >= 11 is -0.826. The van der Waals surface area contributed by atoms with Crippen LogP contribution < -0.4 is 10.4 Å². The first-order chi connectivity index (χ1) is 28.1. The van der Waals surface area contributed by atoms with Crippen molar-refractivity contribution in [2.24, 2.45) is 0 Å². The molecule has 1 aliphatic heterocycles. The van der Waals surface area contributed by atoms with Gasteiger partial charge in [0.1, 0.15) is 0 Å². The second-order valence-electron chi connectivity index (χ2n) is 15.3. The number of fused-ring (bicyclic) bond motifs is 5. The molecule has 0 N–H and O–H groups in total. The van der Waals surface area contributed by atoms with E-state index in [-0.39, 0.29) is 0 Å². The molecular weight excluding hydrogens is 839 g/mol. The molecule has 8 aromatic carbocycles. The van der Waals surface area contributed by atoms with Crippen molar-refractivity contribution >= 4 is 58.5 Å². The third-order valence-corrected chi connectivity index (χ3v) is 12.4. The number of rotatable bonds is 6. The zero-order valence-corrected chi connectivity index (χ0v) is 40.2. The van der Waals surface area contributed by atoms with Crippen LogP contribution in [-0.2, 0) is 46.5 Å². The van der Waals surface area contributed by atoms with E-state index in [1.165, 1.54) is 110 Å². The molecule has 294 valence electrons. The van der Waals surface area contributed by atoms with Crippen LogP contribution in [0, 0.1) is 33.8 Å². The predicted octanol–water partition coefficient (Wildman–Crippen LogP) is 14.4. The Bertz CT molecular complexity index is 2420. The van der Waals surface area contributed by atoms with Gasteiger partial charge in [0.2, 0.25) is 0 Å². The summed E-state index contributed by atoms with van der Waals surface area (Å²) in [5, 5.41) is 8.40. The van der Waals surface area contributed by atoms with Crippen LogP contribution in [0.5, 0.6) is 0 Å². The molecule has 0 saturated carbocycles. The van der Waals surface area contributed by atoms with Crippen molar-refractivity contribution in [1.82, 2.24) is 0 Å². The summed E-state index contributed by atoms with van der Waals surface area (Å²) in [4.78, 5) is 0. The smallest absolute Gasteiger partial charge is 0.0920 e. The van der Waals surface area contributed by atoms with Crippen LogP contribution >= 0.6 is 17.0 Å². The number of benzene rings is 6. The van der Waals surface area contributed by atoms with Crippen LogP contribution in [0.1, 0.15) is 72.2 Å². The van der Waals surface area contributed by atoms with Crippen molar-refractivity contribution < 1.29 is 20.8 Å². The van der Waals surface area contributed by atoms with Gasteiger partial charge in [-0.2, -0.15) is 41.6 Å². The fourth-order valence-corrected chi connectivity index (χ4v) is 9.73. The van der Waals surface area contributed by atoms with Crippen LogP contribution in [0.15, 0.2) is 127 Å². The molecule has 4 heteroatoms. The molecule has 58 heavy (non-hydrogen) atoms. The van der Waals surface area contributed by atoms with Gasteiger partial charge in [-0.1, -0.05) is 144 Å². The van der Waals surface area contributed by atoms with Gasteiger partial charge in [0.15, 0.2) is 0 Å². The van der Waals surface area contributed by atoms with Gasteiger partial charge in [0.25, 0.3) is 0 Å². The second kappa shape index (κ2) is 20.5. The first-order valence-electron chi connectivity index (χ1n) is 20.5. The summed E-state index contributed by atoms with van der Waals surface area (Å²) in [6.07, 6.45) is 4.35. The van der Waals surface area contributed by atoms with Gasteiger partial charge >= 0.3 is 37.9 Å². The van der Waals surface area contributed by atoms with E-state index in [1.807, 2.05) is 6.07 Å².